The summed E-state index contributed by atoms with van der Waals surface area (Å²) in [5.74, 6) is -0.204. The lowest BCUT2D eigenvalue weighted by atomic mass is 10.2. The number of methoxy groups -OCH3 is 1. The third kappa shape index (κ3) is 3.94. The highest BCUT2D eigenvalue weighted by molar-refractivity contribution is 7.92. The normalized spacial score (nSPS) is 11.1. The van der Waals surface area contributed by atoms with E-state index in [9.17, 15) is 13.2 Å². The van der Waals surface area contributed by atoms with Crippen molar-refractivity contribution >= 4 is 33.3 Å². The molecule has 0 aliphatic heterocycles. The van der Waals surface area contributed by atoms with E-state index in [0.717, 1.165) is 4.31 Å². The molecule has 0 saturated heterocycles. The van der Waals surface area contributed by atoms with Crippen LogP contribution in [-0.4, -0.2) is 34.6 Å². The third-order valence-electron chi connectivity index (χ3n) is 3.67. The molecule has 0 atom stereocenters. The molecule has 2 aromatic carbocycles. The zero-order valence-corrected chi connectivity index (χ0v) is 16.3. The molecule has 0 unspecified atom stereocenters. The molecule has 140 valence electrons. The van der Waals surface area contributed by atoms with E-state index in [4.69, 9.17) is 21.1 Å². The molecule has 2 aromatic rings. The lowest BCUT2D eigenvalue weighted by molar-refractivity contribution is 0.0527. The van der Waals surface area contributed by atoms with Gasteiger partial charge in [0.25, 0.3) is 10.0 Å². The topological polar surface area (TPSA) is 72.9 Å². The molecule has 26 heavy (non-hydrogen) atoms. The van der Waals surface area contributed by atoms with E-state index in [0.29, 0.717) is 5.75 Å². The second kappa shape index (κ2) is 8.42. The highest BCUT2D eigenvalue weighted by Crippen LogP contribution is 2.31. The first-order valence-electron chi connectivity index (χ1n) is 7.99. The van der Waals surface area contributed by atoms with Gasteiger partial charge in [-0.2, -0.15) is 0 Å². The molecule has 0 bridgehead atoms. The van der Waals surface area contributed by atoms with Crippen molar-refractivity contribution in [1.82, 2.24) is 0 Å². The van der Waals surface area contributed by atoms with Crippen LogP contribution in [0.4, 0.5) is 5.69 Å². The Morgan fingerprint density at radius 2 is 1.85 bits per heavy atom. The fraction of sp³-hybridized carbons (Fsp3) is 0.278. The summed E-state index contributed by atoms with van der Waals surface area (Å²) in [4.78, 5) is 12.2. The smallest absolute Gasteiger partial charge is 0.340 e. The number of sulfonamides is 1. The van der Waals surface area contributed by atoms with Crippen molar-refractivity contribution in [2.24, 2.45) is 0 Å². The Hall–Kier alpha value is -2.25. The SMILES string of the molecule is CCOC(=O)c1ccccc1N(CC)S(=O)(=O)c1ccc(OC)c(Cl)c1. The number of ether oxygens (including phenoxy) is 2. The van der Waals surface area contributed by atoms with Crippen molar-refractivity contribution in [2.75, 3.05) is 24.6 Å². The van der Waals surface area contributed by atoms with Crippen LogP contribution in [-0.2, 0) is 14.8 Å². The number of rotatable bonds is 7. The summed E-state index contributed by atoms with van der Waals surface area (Å²) in [5, 5.41) is 0.184. The van der Waals surface area contributed by atoms with Crippen molar-refractivity contribution in [3.8, 4) is 5.75 Å². The van der Waals surface area contributed by atoms with Crippen LogP contribution in [0.25, 0.3) is 0 Å². The summed E-state index contributed by atoms with van der Waals surface area (Å²) in [6, 6.07) is 10.6. The average Bonchev–Trinajstić information content (AvgIpc) is 2.62. The molecule has 0 aliphatic rings. The third-order valence-corrected chi connectivity index (χ3v) is 5.85. The Bertz CT molecular complexity index is 898. The monoisotopic (exact) mass is 397 g/mol. The van der Waals surface area contributed by atoms with Crippen LogP contribution in [0, 0.1) is 0 Å². The van der Waals surface area contributed by atoms with Crippen LogP contribution < -0.4 is 9.04 Å². The number of carbonyl (C=O) groups is 1. The van der Waals surface area contributed by atoms with Gasteiger partial charge in [-0.05, 0) is 44.2 Å². The number of benzene rings is 2. The van der Waals surface area contributed by atoms with Gasteiger partial charge in [-0.3, -0.25) is 4.31 Å². The van der Waals surface area contributed by atoms with Gasteiger partial charge >= 0.3 is 5.97 Å². The first-order valence-corrected chi connectivity index (χ1v) is 9.81. The van der Waals surface area contributed by atoms with Crippen LogP contribution >= 0.6 is 11.6 Å². The summed E-state index contributed by atoms with van der Waals surface area (Å²) in [6.45, 7) is 3.70. The molecule has 0 saturated carbocycles. The Labute approximate surface area is 158 Å². The van der Waals surface area contributed by atoms with E-state index < -0.39 is 16.0 Å². The number of carbonyl (C=O) groups excluding carboxylic acids is 1. The predicted molar refractivity (Wildman–Crippen MR) is 101 cm³/mol. The van der Waals surface area contributed by atoms with Crippen molar-refractivity contribution in [1.29, 1.82) is 0 Å². The highest BCUT2D eigenvalue weighted by atomic mass is 35.5. The van der Waals surface area contributed by atoms with Gasteiger partial charge in [0.1, 0.15) is 5.75 Å². The molecule has 0 aliphatic carbocycles. The van der Waals surface area contributed by atoms with E-state index in [1.165, 1.54) is 31.4 Å². The molecule has 8 heteroatoms. The molecule has 2 rings (SSSR count). The predicted octanol–water partition coefficient (Wildman–Crippen LogP) is 3.74. The Kier molecular flexibility index (Phi) is 6.50. The Balaban J connectivity index is 2.54. The maximum Gasteiger partial charge on any atom is 0.340 e. The summed E-state index contributed by atoms with van der Waals surface area (Å²) >= 11 is 6.07. The maximum absolute atomic E-state index is 13.1. The quantitative estimate of drug-likeness (QED) is 0.665. The zero-order chi connectivity index (χ0) is 19.3. The minimum absolute atomic E-state index is 0.00353. The number of nitrogens with zero attached hydrogens (tertiary/aromatic N) is 1. The van der Waals surface area contributed by atoms with Crippen LogP contribution in [0.3, 0.4) is 0 Å². The standard InChI is InChI=1S/C18H20ClNO5S/c1-4-20(16-9-7-6-8-14(16)18(21)25-5-2)26(22,23)13-10-11-17(24-3)15(19)12-13/h6-12H,4-5H2,1-3H3. The van der Waals surface area contributed by atoms with E-state index in [1.54, 1.807) is 32.0 Å². The van der Waals surface area contributed by atoms with Crippen LogP contribution in [0.2, 0.25) is 5.02 Å². The lowest BCUT2D eigenvalue weighted by Crippen LogP contribution is -2.32. The van der Waals surface area contributed by atoms with Gasteiger partial charge < -0.3 is 9.47 Å². The summed E-state index contributed by atoms with van der Waals surface area (Å²) in [6.07, 6.45) is 0. The van der Waals surface area contributed by atoms with Gasteiger partial charge in [-0.25, -0.2) is 13.2 Å². The second-order valence-corrected chi connectivity index (χ2v) is 7.47. The minimum Gasteiger partial charge on any atom is -0.495 e. The summed E-state index contributed by atoms with van der Waals surface area (Å²) in [7, 11) is -2.49. The molecule has 0 heterocycles. The molecule has 0 N–H and O–H groups in total. The molecular formula is C18H20ClNO5S. The van der Waals surface area contributed by atoms with E-state index in [1.807, 2.05) is 0 Å². The van der Waals surface area contributed by atoms with E-state index in [-0.39, 0.29) is 34.3 Å². The van der Waals surface area contributed by atoms with Crippen LogP contribution in [0.1, 0.15) is 24.2 Å². The van der Waals surface area contributed by atoms with Gasteiger partial charge in [0.15, 0.2) is 0 Å². The highest BCUT2D eigenvalue weighted by Gasteiger charge is 2.28. The average molecular weight is 398 g/mol. The molecule has 0 spiro atoms. The molecule has 6 nitrogen and oxygen atoms in total. The molecule has 0 fully saturated rings. The van der Waals surface area contributed by atoms with Crippen molar-refractivity contribution < 1.29 is 22.7 Å². The molecule has 0 amide bonds. The largest absolute Gasteiger partial charge is 0.495 e. The second-order valence-electron chi connectivity index (χ2n) is 5.20. The summed E-state index contributed by atoms with van der Waals surface area (Å²) in [5.41, 5.74) is 0.430. The lowest BCUT2D eigenvalue weighted by Gasteiger charge is -2.25. The van der Waals surface area contributed by atoms with Gasteiger partial charge in [0.2, 0.25) is 0 Å². The van der Waals surface area contributed by atoms with Crippen molar-refractivity contribution in [3.05, 3.63) is 53.1 Å². The molecule has 0 radical (unpaired) electrons. The van der Waals surface area contributed by atoms with Gasteiger partial charge in [0, 0.05) is 6.54 Å². The summed E-state index contributed by atoms with van der Waals surface area (Å²) < 4.78 is 37.5. The van der Waals surface area contributed by atoms with E-state index >= 15 is 0 Å². The first kappa shape index (κ1) is 20.1. The Morgan fingerprint density at radius 3 is 2.42 bits per heavy atom. The molecular weight excluding hydrogens is 378 g/mol. The number of hydrogen-bond acceptors (Lipinski definition) is 5. The fourth-order valence-corrected chi connectivity index (χ4v) is 4.32. The first-order chi connectivity index (χ1) is 12.4. The van der Waals surface area contributed by atoms with Crippen molar-refractivity contribution in [3.63, 3.8) is 0 Å². The minimum atomic E-state index is -3.94. The number of esters is 1. The van der Waals surface area contributed by atoms with E-state index in [2.05, 4.69) is 0 Å². The van der Waals surface area contributed by atoms with Crippen molar-refractivity contribution in [2.45, 2.75) is 18.7 Å². The molecule has 0 aromatic heterocycles. The number of para-hydroxylation sites is 1. The maximum atomic E-state index is 13.1. The van der Waals surface area contributed by atoms with Gasteiger partial charge in [0.05, 0.1) is 34.9 Å². The number of anilines is 1. The van der Waals surface area contributed by atoms with Crippen LogP contribution in [0.15, 0.2) is 47.4 Å². The number of halogens is 1. The fourth-order valence-electron chi connectivity index (χ4n) is 2.48. The Morgan fingerprint density at radius 1 is 1.15 bits per heavy atom. The van der Waals surface area contributed by atoms with Crippen LogP contribution in [0.5, 0.6) is 5.75 Å². The van der Waals surface area contributed by atoms with Gasteiger partial charge in [-0.15, -0.1) is 0 Å². The number of hydrogen-bond donors (Lipinski definition) is 0. The zero-order valence-electron chi connectivity index (χ0n) is 14.7. The van der Waals surface area contributed by atoms with Gasteiger partial charge in [-0.1, -0.05) is 23.7 Å².